The topological polar surface area (TPSA) is 59.4 Å². The van der Waals surface area contributed by atoms with Gasteiger partial charge in [0.2, 0.25) is 0 Å². The molecule has 1 heterocycles. The number of ether oxygens (including phenoxy) is 1. The maximum atomic E-state index is 10.6. The number of carboxylic acid groups (broad SMARTS) is 1. The number of aryl methyl sites for hydroxylation is 1. The van der Waals surface area contributed by atoms with Gasteiger partial charge in [-0.25, -0.2) is 4.98 Å². The third-order valence-corrected chi connectivity index (χ3v) is 5.86. The number of nitrogens with zero attached hydrogens (tertiary/aromatic N) is 1. The highest BCUT2D eigenvalue weighted by Crippen LogP contribution is 2.29. The molecule has 0 spiro atoms. The highest BCUT2D eigenvalue weighted by atomic mass is 35.5. The van der Waals surface area contributed by atoms with E-state index in [0.717, 1.165) is 21.8 Å². The number of aromatic nitrogens is 1. The number of rotatable bonds is 8. The molecule has 3 aromatic rings. The normalized spacial score (nSPS) is 10.7. The van der Waals surface area contributed by atoms with Crippen molar-refractivity contribution in [3.63, 3.8) is 0 Å². The number of carbonyl (C=O) groups is 1. The second-order valence-electron chi connectivity index (χ2n) is 5.93. The van der Waals surface area contributed by atoms with Crippen LogP contribution in [0.1, 0.15) is 16.1 Å². The minimum absolute atomic E-state index is 0.0692. The van der Waals surface area contributed by atoms with E-state index in [9.17, 15) is 4.79 Å². The van der Waals surface area contributed by atoms with Gasteiger partial charge in [0, 0.05) is 16.7 Å². The van der Waals surface area contributed by atoms with Crippen molar-refractivity contribution in [3.8, 4) is 17.0 Å². The summed E-state index contributed by atoms with van der Waals surface area (Å²) >= 11 is 9.10. The van der Waals surface area contributed by atoms with Crippen LogP contribution in [0.2, 0.25) is 5.02 Å². The molecule has 0 unspecified atom stereocenters. The summed E-state index contributed by atoms with van der Waals surface area (Å²) in [5, 5.41) is 12.1. The first-order valence-electron chi connectivity index (χ1n) is 8.23. The first kappa shape index (κ1) is 19.7. The molecule has 0 amide bonds. The summed E-state index contributed by atoms with van der Waals surface area (Å²) in [6.45, 7) is 2.39. The minimum Gasteiger partial charge on any atom is -0.485 e. The predicted molar refractivity (Wildman–Crippen MR) is 112 cm³/mol. The summed E-state index contributed by atoms with van der Waals surface area (Å²) in [4.78, 5) is 15.2. The number of thioether (sulfide) groups is 1. The fourth-order valence-corrected chi connectivity index (χ4v) is 3.96. The highest BCUT2D eigenvalue weighted by molar-refractivity contribution is 7.99. The van der Waals surface area contributed by atoms with E-state index >= 15 is 0 Å². The largest absolute Gasteiger partial charge is 0.485 e. The van der Waals surface area contributed by atoms with Crippen LogP contribution in [0, 0.1) is 6.92 Å². The fourth-order valence-electron chi connectivity index (χ4n) is 2.38. The van der Waals surface area contributed by atoms with E-state index in [1.54, 1.807) is 17.4 Å². The molecule has 0 fully saturated rings. The Morgan fingerprint density at radius 2 is 2.04 bits per heavy atom. The molecule has 7 heteroatoms. The van der Waals surface area contributed by atoms with E-state index in [0.29, 0.717) is 23.1 Å². The molecule has 1 aromatic heterocycles. The maximum absolute atomic E-state index is 10.6. The van der Waals surface area contributed by atoms with Gasteiger partial charge in [-0.1, -0.05) is 47.5 Å². The Morgan fingerprint density at radius 3 is 2.78 bits per heavy atom. The maximum Gasteiger partial charge on any atom is 0.313 e. The van der Waals surface area contributed by atoms with E-state index in [2.05, 4.69) is 36.2 Å². The standard InChI is InChI=1S/C20H18ClNO3S2/c1-13-2-5-15(6-3-13)17-11-27-19(22-17)9-25-18-8-14(4-7-16(18)21)10-26-12-20(23)24/h2-8,11H,9-10,12H2,1H3,(H,23,24). The SMILES string of the molecule is Cc1ccc(-c2csc(COc3cc(CSCC(=O)O)ccc3Cl)n2)cc1. The second-order valence-corrected chi connectivity index (χ2v) is 8.27. The van der Waals surface area contributed by atoms with Crippen LogP contribution in [0.5, 0.6) is 5.75 Å². The highest BCUT2D eigenvalue weighted by Gasteiger charge is 2.08. The molecule has 0 atom stereocenters. The lowest BCUT2D eigenvalue weighted by Gasteiger charge is -2.09. The third kappa shape index (κ3) is 5.73. The molecule has 140 valence electrons. The molecule has 2 aromatic carbocycles. The van der Waals surface area contributed by atoms with Crippen LogP contribution < -0.4 is 4.74 Å². The summed E-state index contributed by atoms with van der Waals surface area (Å²) in [6.07, 6.45) is 0. The molecule has 0 aliphatic heterocycles. The average molecular weight is 420 g/mol. The minimum atomic E-state index is -0.821. The number of hydrogen-bond acceptors (Lipinski definition) is 5. The van der Waals surface area contributed by atoms with Crippen molar-refractivity contribution < 1.29 is 14.6 Å². The molecule has 4 nitrogen and oxygen atoms in total. The van der Waals surface area contributed by atoms with E-state index in [4.69, 9.17) is 21.4 Å². The van der Waals surface area contributed by atoms with Gasteiger partial charge in [0.1, 0.15) is 17.4 Å². The van der Waals surface area contributed by atoms with Crippen LogP contribution >= 0.6 is 34.7 Å². The lowest BCUT2D eigenvalue weighted by atomic mass is 10.1. The molecule has 3 rings (SSSR count). The predicted octanol–water partition coefficient (Wildman–Crippen LogP) is 5.67. The summed E-state index contributed by atoms with van der Waals surface area (Å²) in [7, 11) is 0. The summed E-state index contributed by atoms with van der Waals surface area (Å²) in [6, 6.07) is 13.8. The van der Waals surface area contributed by atoms with Crippen LogP contribution in [0.4, 0.5) is 0 Å². The Hall–Kier alpha value is -2.02. The van der Waals surface area contributed by atoms with Crippen LogP contribution in [0.15, 0.2) is 47.8 Å². The molecule has 0 saturated heterocycles. The van der Waals surface area contributed by atoms with E-state index in [-0.39, 0.29) is 5.75 Å². The van der Waals surface area contributed by atoms with Crippen molar-refractivity contribution in [2.45, 2.75) is 19.3 Å². The molecule has 0 radical (unpaired) electrons. The number of aliphatic carboxylic acids is 1. The van der Waals surface area contributed by atoms with Gasteiger partial charge >= 0.3 is 5.97 Å². The number of hydrogen-bond donors (Lipinski definition) is 1. The van der Waals surface area contributed by atoms with E-state index < -0.39 is 5.97 Å². The first-order chi connectivity index (χ1) is 13.0. The quantitative estimate of drug-likeness (QED) is 0.509. The van der Waals surface area contributed by atoms with Crippen LogP contribution in [-0.4, -0.2) is 21.8 Å². The van der Waals surface area contributed by atoms with Crippen molar-refractivity contribution in [2.75, 3.05) is 5.75 Å². The van der Waals surface area contributed by atoms with Gasteiger partial charge in [-0.05, 0) is 24.6 Å². The fraction of sp³-hybridized carbons (Fsp3) is 0.200. The zero-order valence-corrected chi connectivity index (χ0v) is 17.0. The summed E-state index contributed by atoms with van der Waals surface area (Å²) in [5.74, 6) is 0.421. The number of benzene rings is 2. The Kier molecular flexibility index (Phi) is 6.77. The molecule has 1 N–H and O–H groups in total. The first-order valence-corrected chi connectivity index (χ1v) is 10.6. The number of carboxylic acids is 1. The Bertz CT molecular complexity index is 925. The number of halogens is 1. The molecule has 0 bridgehead atoms. The van der Waals surface area contributed by atoms with Crippen LogP contribution in [-0.2, 0) is 17.2 Å². The summed E-state index contributed by atoms with van der Waals surface area (Å²) < 4.78 is 5.85. The Balaban J connectivity index is 1.62. The van der Waals surface area contributed by atoms with Gasteiger partial charge < -0.3 is 9.84 Å². The molecule has 0 saturated carbocycles. The zero-order valence-electron chi connectivity index (χ0n) is 14.6. The zero-order chi connectivity index (χ0) is 19.2. The van der Waals surface area contributed by atoms with Gasteiger partial charge in [-0.3, -0.25) is 4.79 Å². The van der Waals surface area contributed by atoms with Crippen molar-refractivity contribution in [3.05, 3.63) is 69.0 Å². The van der Waals surface area contributed by atoms with Crippen molar-refractivity contribution >= 4 is 40.7 Å². The Morgan fingerprint density at radius 1 is 1.26 bits per heavy atom. The smallest absolute Gasteiger partial charge is 0.313 e. The Labute approximate surface area is 171 Å². The lowest BCUT2D eigenvalue weighted by Crippen LogP contribution is -1.99. The molecular formula is C20H18ClNO3S2. The van der Waals surface area contributed by atoms with Gasteiger partial charge in [0.05, 0.1) is 16.5 Å². The third-order valence-electron chi connectivity index (χ3n) is 3.74. The molecule has 0 aliphatic carbocycles. The van der Waals surface area contributed by atoms with Crippen molar-refractivity contribution in [1.82, 2.24) is 4.98 Å². The van der Waals surface area contributed by atoms with Crippen molar-refractivity contribution in [1.29, 1.82) is 0 Å². The molecule has 27 heavy (non-hydrogen) atoms. The lowest BCUT2D eigenvalue weighted by molar-refractivity contribution is -0.133. The second kappa shape index (κ2) is 9.26. The molecule has 0 aliphatic rings. The van der Waals surface area contributed by atoms with Gasteiger partial charge in [0.15, 0.2) is 0 Å². The van der Waals surface area contributed by atoms with Crippen LogP contribution in [0.25, 0.3) is 11.3 Å². The molecular weight excluding hydrogens is 402 g/mol. The van der Waals surface area contributed by atoms with Crippen LogP contribution in [0.3, 0.4) is 0 Å². The average Bonchev–Trinajstić information content (AvgIpc) is 3.11. The van der Waals surface area contributed by atoms with Gasteiger partial charge in [-0.15, -0.1) is 23.1 Å². The van der Waals surface area contributed by atoms with E-state index in [1.165, 1.54) is 17.3 Å². The van der Waals surface area contributed by atoms with Gasteiger partial charge in [-0.2, -0.15) is 0 Å². The van der Waals surface area contributed by atoms with Gasteiger partial charge in [0.25, 0.3) is 0 Å². The van der Waals surface area contributed by atoms with E-state index in [1.807, 2.05) is 17.5 Å². The van der Waals surface area contributed by atoms with Crippen molar-refractivity contribution in [2.24, 2.45) is 0 Å². The monoisotopic (exact) mass is 419 g/mol. The summed E-state index contributed by atoms with van der Waals surface area (Å²) in [5.41, 5.74) is 4.20. The number of thiazole rings is 1.